The molecule has 5 nitrogen and oxygen atoms in total. The number of H-pyrrole nitrogens is 1. The summed E-state index contributed by atoms with van der Waals surface area (Å²) in [5.41, 5.74) is 1.65. The average Bonchev–Trinajstić information content (AvgIpc) is 3.25. The number of imidazole rings is 1. The van der Waals surface area contributed by atoms with Crippen molar-refractivity contribution in [3.8, 4) is 22.6 Å². The first-order chi connectivity index (χ1) is 14.8. The first-order valence-corrected chi connectivity index (χ1v) is 9.44. The fourth-order valence-electron chi connectivity index (χ4n) is 2.91. The van der Waals surface area contributed by atoms with Crippen LogP contribution in [0.1, 0.15) is 16.1 Å². The van der Waals surface area contributed by atoms with Crippen LogP contribution in [0.2, 0.25) is 5.02 Å². The number of halogens is 4. The van der Waals surface area contributed by atoms with Crippen molar-refractivity contribution in [2.75, 3.05) is 5.32 Å². The van der Waals surface area contributed by atoms with Gasteiger partial charge in [0, 0.05) is 17.4 Å². The molecule has 0 aliphatic rings. The standard InChI is InChI=1S/C22H14ClF3N4O/c23-17-8-7-15(29-21(31)14-6-9-19(27-11-14)22(24,25)26)10-16(17)20-28-12-18(30-20)13-4-2-1-3-5-13/h1-12H,(H,28,30)(H,29,31). The van der Waals surface area contributed by atoms with Crippen molar-refractivity contribution < 1.29 is 18.0 Å². The maximum Gasteiger partial charge on any atom is 0.433 e. The summed E-state index contributed by atoms with van der Waals surface area (Å²) in [7, 11) is 0. The normalized spacial score (nSPS) is 11.4. The van der Waals surface area contributed by atoms with E-state index in [9.17, 15) is 18.0 Å². The second kappa shape index (κ2) is 8.23. The molecule has 31 heavy (non-hydrogen) atoms. The molecular weight excluding hydrogens is 429 g/mol. The molecule has 2 heterocycles. The number of aromatic nitrogens is 3. The largest absolute Gasteiger partial charge is 0.433 e. The molecule has 0 saturated heterocycles. The number of amides is 1. The van der Waals surface area contributed by atoms with E-state index < -0.39 is 17.8 Å². The number of carbonyl (C=O) groups is 1. The second-order valence-electron chi connectivity index (χ2n) is 6.59. The fraction of sp³-hybridized carbons (Fsp3) is 0.0455. The highest BCUT2D eigenvalue weighted by Gasteiger charge is 2.32. The number of hydrogen-bond acceptors (Lipinski definition) is 3. The van der Waals surface area contributed by atoms with Gasteiger partial charge in [-0.3, -0.25) is 9.78 Å². The molecular formula is C22H14ClF3N4O. The SMILES string of the molecule is O=C(Nc1ccc(Cl)c(-c2ncc(-c3ccccc3)[nH]2)c1)c1ccc(C(F)(F)F)nc1. The molecule has 4 rings (SSSR count). The molecule has 0 atom stereocenters. The van der Waals surface area contributed by atoms with E-state index >= 15 is 0 Å². The van der Waals surface area contributed by atoms with Crippen molar-refractivity contribution in [1.82, 2.24) is 15.0 Å². The summed E-state index contributed by atoms with van der Waals surface area (Å²) in [5, 5.41) is 3.05. The monoisotopic (exact) mass is 442 g/mol. The molecule has 0 aliphatic carbocycles. The summed E-state index contributed by atoms with van der Waals surface area (Å²) in [5.74, 6) is -0.0879. The molecule has 2 aromatic carbocycles. The Morgan fingerprint density at radius 2 is 1.74 bits per heavy atom. The number of nitrogens with one attached hydrogen (secondary N) is 2. The molecule has 0 aliphatic heterocycles. The van der Waals surface area contributed by atoms with Gasteiger partial charge < -0.3 is 10.3 Å². The number of hydrogen-bond donors (Lipinski definition) is 2. The van der Waals surface area contributed by atoms with Crippen molar-refractivity contribution in [3.63, 3.8) is 0 Å². The van der Waals surface area contributed by atoms with Gasteiger partial charge in [-0.25, -0.2) is 4.98 Å². The van der Waals surface area contributed by atoms with Gasteiger partial charge >= 0.3 is 6.18 Å². The highest BCUT2D eigenvalue weighted by Crippen LogP contribution is 2.31. The van der Waals surface area contributed by atoms with Crippen LogP contribution < -0.4 is 5.32 Å². The van der Waals surface area contributed by atoms with Crippen molar-refractivity contribution >= 4 is 23.2 Å². The van der Waals surface area contributed by atoms with Crippen LogP contribution in [-0.2, 0) is 6.18 Å². The van der Waals surface area contributed by atoms with E-state index in [1.54, 1.807) is 24.4 Å². The quantitative estimate of drug-likeness (QED) is 0.403. The number of anilines is 1. The zero-order valence-electron chi connectivity index (χ0n) is 15.7. The molecule has 2 N–H and O–H groups in total. The van der Waals surface area contributed by atoms with Crippen LogP contribution >= 0.6 is 11.6 Å². The van der Waals surface area contributed by atoms with Gasteiger partial charge in [0.25, 0.3) is 5.91 Å². The molecule has 1 amide bonds. The van der Waals surface area contributed by atoms with E-state index in [1.807, 2.05) is 30.3 Å². The van der Waals surface area contributed by atoms with E-state index in [2.05, 4.69) is 20.3 Å². The first-order valence-electron chi connectivity index (χ1n) is 9.06. The first kappa shape index (κ1) is 20.6. The Labute approximate surface area is 179 Å². The number of aromatic amines is 1. The number of benzene rings is 2. The highest BCUT2D eigenvalue weighted by atomic mass is 35.5. The third-order valence-corrected chi connectivity index (χ3v) is 4.79. The van der Waals surface area contributed by atoms with E-state index in [4.69, 9.17) is 11.6 Å². The summed E-state index contributed by atoms with van der Waals surface area (Å²) in [6.45, 7) is 0. The molecule has 0 fully saturated rings. The van der Waals surface area contributed by atoms with E-state index in [1.165, 1.54) is 0 Å². The zero-order chi connectivity index (χ0) is 22.0. The van der Waals surface area contributed by atoms with Gasteiger partial charge in [0.1, 0.15) is 11.5 Å². The molecule has 4 aromatic rings. The topological polar surface area (TPSA) is 70.7 Å². The smallest absolute Gasteiger partial charge is 0.338 e. The lowest BCUT2D eigenvalue weighted by atomic mass is 10.1. The van der Waals surface area contributed by atoms with Crippen molar-refractivity contribution in [1.29, 1.82) is 0 Å². The number of carbonyl (C=O) groups excluding carboxylic acids is 1. The lowest BCUT2D eigenvalue weighted by molar-refractivity contribution is -0.141. The summed E-state index contributed by atoms with van der Waals surface area (Å²) in [6, 6.07) is 16.3. The predicted octanol–water partition coefficient (Wildman–Crippen LogP) is 6.06. The van der Waals surface area contributed by atoms with Crippen LogP contribution in [0.25, 0.3) is 22.6 Å². The number of pyridine rings is 1. The van der Waals surface area contributed by atoms with Crippen LogP contribution in [0.3, 0.4) is 0 Å². The maximum atomic E-state index is 12.6. The van der Waals surface area contributed by atoms with Crippen LogP contribution in [0.5, 0.6) is 0 Å². The van der Waals surface area contributed by atoms with Gasteiger partial charge in [-0.05, 0) is 35.9 Å². The third kappa shape index (κ3) is 4.59. The van der Waals surface area contributed by atoms with Gasteiger partial charge in [0.15, 0.2) is 0 Å². The third-order valence-electron chi connectivity index (χ3n) is 4.46. The van der Waals surface area contributed by atoms with Gasteiger partial charge in [-0.15, -0.1) is 0 Å². The number of rotatable bonds is 4. The van der Waals surface area contributed by atoms with Crippen molar-refractivity contribution in [2.24, 2.45) is 0 Å². The molecule has 0 radical (unpaired) electrons. The molecule has 0 unspecified atom stereocenters. The fourth-order valence-corrected chi connectivity index (χ4v) is 3.11. The van der Waals surface area contributed by atoms with Gasteiger partial charge in [0.2, 0.25) is 0 Å². The zero-order valence-corrected chi connectivity index (χ0v) is 16.5. The van der Waals surface area contributed by atoms with E-state index in [-0.39, 0.29) is 5.56 Å². The Morgan fingerprint density at radius 3 is 2.42 bits per heavy atom. The molecule has 0 spiro atoms. The lowest BCUT2D eigenvalue weighted by Gasteiger charge is -2.09. The highest BCUT2D eigenvalue weighted by molar-refractivity contribution is 6.33. The second-order valence-corrected chi connectivity index (χ2v) is 7.00. The molecule has 9 heteroatoms. The number of alkyl halides is 3. The Hall–Kier alpha value is -3.65. The Bertz CT molecular complexity index is 1220. The minimum absolute atomic E-state index is 0.00568. The van der Waals surface area contributed by atoms with Crippen LogP contribution in [0, 0.1) is 0 Å². The van der Waals surface area contributed by atoms with Crippen LogP contribution in [0.15, 0.2) is 73.1 Å². The average molecular weight is 443 g/mol. The molecule has 156 valence electrons. The minimum Gasteiger partial charge on any atom is -0.338 e. The van der Waals surface area contributed by atoms with Gasteiger partial charge in [-0.2, -0.15) is 13.2 Å². The van der Waals surface area contributed by atoms with Crippen molar-refractivity contribution in [2.45, 2.75) is 6.18 Å². The number of nitrogens with zero attached hydrogens (tertiary/aromatic N) is 2. The summed E-state index contributed by atoms with van der Waals surface area (Å²) in [6.07, 6.45) is -2.00. The Balaban J connectivity index is 1.56. The van der Waals surface area contributed by atoms with Gasteiger partial charge in [0.05, 0.1) is 22.5 Å². The summed E-state index contributed by atoms with van der Waals surface area (Å²) < 4.78 is 37.9. The van der Waals surface area contributed by atoms with E-state index in [0.717, 1.165) is 29.6 Å². The van der Waals surface area contributed by atoms with Crippen LogP contribution in [0.4, 0.5) is 18.9 Å². The maximum absolute atomic E-state index is 12.6. The Morgan fingerprint density at radius 1 is 0.968 bits per heavy atom. The lowest BCUT2D eigenvalue weighted by Crippen LogP contribution is -2.14. The Kier molecular flexibility index (Phi) is 5.48. The summed E-state index contributed by atoms with van der Waals surface area (Å²) in [4.78, 5) is 23.3. The molecule has 0 bridgehead atoms. The van der Waals surface area contributed by atoms with E-state index in [0.29, 0.717) is 22.1 Å². The predicted molar refractivity (Wildman–Crippen MR) is 112 cm³/mol. The molecule has 0 saturated carbocycles. The minimum atomic E-state index is -4.57. The molecule has 2 aromatic heterocycles. The summed E-state index contributed by atoms with van der Waals surface area (Å²) >= 11 is 6.31. The van der Waals surface area contributed by atoms with Crippen LogP contribution in [-0.4, -0.2) is 20.9 Å². The van der Waals surface area contributed by atoms with Crippen molar-refractivity contribution in [3.05, 3.63) is 89.3 Å². The van der Waals surface area contributed by atoms with Gasteiger partial charge in [-0.1, -0.05) is 41.9 Å².